The van der Waals surface area contributed by atoms with Crippen molar-refractivity contribution in [1.29, 1.82) is 5.41 Å². The van der Waals surface area contributed by atoms with Crippen molar-refractivity contribution < 1.29 is 0 Å². The fourth-order valence-corrected chi connectivity index (χ4v) is 3.58. The van der Waals surface area contributed by atoms with E-state index >= 15 is 0 Å². The molecule has 0 saturated heterocycles. The molecule has 3 N–H and O–H groups in total. The molecule has 0 radical (unpaired) electrons. The van der Waals surface area contributed by atoms with Gasteiger partial charge in [0.05, 0.1) is 5.03 Å². The lowest BCUT2D eigenvalue weighted by atomic mass is 9.91. The van der Waals surface area contributed by atoms with Crippen molar-refractivity contribution in [2.24, 2.45) is 11.7 Å². The molecule has 2 unspecified atom stereocenters. The molecule has 0 aliphatic heterocycles. The lowest BCUT2D eigenvalue weighted by Crippen LogP contribution is -2.15. The van der Waals surface area contributed by atoms with Gasteiger partial charge >= 0.3 is 0 Å². The van der Waals surface area contributed by atoms with E-state index in [-0.39, 0.29) is 5.84 Å². The summed E-state index contributed by atoms with van der Waals surface area (Å²) in [5, 5.41) is 9.07. The van der Waals surface area contributed by atoms with E-state index in [0.29, 0.717) is 10.8 Å². The zero-order chi connectivity index (χ0) is 12.3. The molecular weight excluding hydrogens is 230 g/mol. The second kappa shape index (κ2) is 5.54. The van der Waals surface area contributed by atoms with Gasteiger partial charge in [0.25, 0.3) is 0 Å². The number of thioether (sulfide) groups is 1. The van der Waals surface area contributed by atoms with Gasteiger partial charge in [0, 0.05) is 17.0 Å². The zero-order valence-electron chi connectivity index (χ0n) is 10.1. The molecule has 3 nitrogen and oxygen atoms in total. The van der Waals surface area contributed by atoms with Crippen LogP contribution in [0.25, 0.3) is 0 Å². The van der Waals surface area contributed by atoms with Gasteiger partial charge in [0.1, 0.15) is 5.84 Å². The maximum atomic E-state index is 7.32. The standard InChI is InChI=1S/C13H19N3S/c1-9-3-2-4-11(7-9)17-12-6-5-10(8-16-12)13(14)15/h5-6,8-9,11H,2-4,7H2,1H3,(H3,14,15). The summed E-state index contributed by atoms with van der Waals surface area (Å²) in [6, 6.07) is 3.85. The number of nitrogen functional groups attached to an aromatic ring is 1. The molecule has 1 saturated carbocycles. The molecular formula is C13H19N3S. The molecule has 1 aliphatic rings. The molecule has 2 atom stereocenters. The lowest BCUT2D eigenvalue weighted by Gasteiger charge is -2.25. The van der Waals surface area contributed by atoms with Crippen LogP contribution in [0.2, 0.25) is 0 Å². The predicted molar refractivity (Wildman–Crippen MR) is 72.5 cm³/mol. The number of pyridine rings is 1. The summed E-state index contributed by atoms with van der Waals surface area (Å²) in [6.07, 6.45) is 6.99. The van der Waals surface area contributed by atoms with E-state index in [4.69, 9.17) is 11.1 Å². The van der Waals surface area contributed by atoms with Crippen LogP contribution >= 0.6 is 11.8 Å². The Morgan fingerprint density at radius 1 is 1.47 bits per heavy atom. The minimum atomic E-state index is 0.0836. The SMILES string of the molecule is CC1CCCC(Sc2ccc(C(=N)N)cn2)C1. The highest BCUT2D eigenvalue weighted by molar-refractivity contribution is 7.99. The molecule has 0 spiro atoms. The number of hydrogen-bond acceptors (Lipinski definition) is 3. The zero-order valence-corrected chi connectivity index (χ0v) is 11.0. The normalized spacial score (nSPS) is 24.5. The summed E-state index contributed by atoms with van der Waals surface area (Å²) in [7, 11) is 0. The highest BCUT2D eigenvalue weighted by Gasteiger charge is 2.20. The number of nitrogens with one attached hydrogen (secondary N) is 1. The Bertz CT molecular complexity index is 388. The van der Waals surface area contributed by atoms with Crippen LogP contribution in [0.5, 0.6) is 0 Å². The van der Waals surface area contributed by atoms with Gasteiger partial charge in [-0.05, 0) is 30.9 Å². The van der Waals surface area contributed by atoms with Crippen LogP contribution in [0.1, 0.15) is 38.2 Å². The van der Waals surface area contributed by atoms with Crippen LogP contribution in [0.15, 0.2) is 23.4 Å². The average Bonchev–Trinajstić information content (AvgIpc) is 2.29. The summed E-state index contributed by atoms with van der Waals surface area (Å²) in [5.74, 6) is 0.929. The third-order valence-corrected chi connectivity index (χ3v) is 4.47. The molecule has 0 bridgehead atoms. The minimum absolute atomic E-state index is 0.0836. The van der Waals surface area contributed by atoms with E-state index < -0.39 is 0 Å². The Morgan fingerprint density at radius 3 is 2.88 bits per heavy atom. The Balaban J connectivity index is 1.96. The van der Waals surface area contributed by atoms with Crippen molar-refractivity contribution in [3.05, 3.63) is 23.9 Å². The quantitative estimate of drug-likeness (QED) is 0.639. The smallest absolute Gasteiger partial charge is 0.124 e. The van der Waals surface area contributed by atoms with Crippen LogP contribution in [0.4, 0.5) is 0 Å². The lowest BCUT2D eigenvalue weighted by molar-refractivity contribution is 0.394. The third-order valence-electron chi connectivity index (χ3n) is 3.22. The van der Waals surface area contributed by atoms with Crippen molar-refractivity contribution in [2.75, 3.05) is 0 Å². The number of hydrogen-bond donors (Lipinski definition) is 2. The van der Waals surface area contributed by atoms with Gasteiger partial charge in [-0.2, -0.15) is 0 Å². The average molecular weight is 249 g/mol. The molecule has 1 heterocycles. The van der Waals surface area contributed by atoms with Gasteiger partial charge in [-0.3, -0.25) is 5.41 Å². The van der Waals surface area contributed by atoms with Crippen molar-refractivity contribution in [1.82, 2.24) is 4.98 Å². The van der Waals surface area contributed by atoms with Gasteiger partial charge in [0.15, 0.2) is 0 Å². The van der Waals surface area contributed by atoms with E-state index in [9.17, 15) is 0 Å². The molecule has 2 rings (SSSR count). The molecule has 1 fully saturated rings. The van der Waals surface area contributed by atoms with Gasteiger partial charge < -0.3 is 5.73 Å². The summed E-state index contributed by atoms with van der Waals surface area (Å²) in [6.45, 7) is 2.33. The van der Waals surface area contributed by atoms with E-state index in [0.717, 1.165) is 10.9 Å². The first kappa shape index (κ1) is 12.4. The van der Waals surface area contributed by atoms with Gasteiger partial charge in [-0.1, -0.05) is 19.8 Å². The van der Waals surface area contributed by atoms with Crippen molar-refractivity contribution >= 4 is 17.6 Å². The Hall–Kier alpha value is -1.03. The molecule has 1 aliphatic carbocycles. The first-order valence-electron chi connectivity index (χ1n) is 6.12. The maximum absolute atomic E-state index is 7.32. The van der Waals surface area contributed by atoms with E-state index in [1.54, 1.807) is 6.20 Å². The van der Waals surface area contributed by atoms with Crippen molar-refractivity contribution in [3.8, 4) is 0 Å². The van der Waals surface area contributed by atoms with E-state index in [2.05, 4.69) is 11.9 Å². The van der Waals surface area contributed by atoms with Gasteiger partial charge in [-0.25, -0.2) is 4.98 Å². The topological polar surface area (TPSA) is 62.8 Å². The highest BCUT2D eigenvalue weighted by Crippen LogP contribution is 2.35. The third kappa shape index (κ3) is 3.46. The molecule has 4 heteroatoms. The molecule has 1 aromatic rings. The number of aromatic nitrogens is 1. The largest absolute Gasteiger partial charge is 0.384 e. The Kier molecular flexibility index (Phi) is 4.05. The molecule has 0 aromatic carbocycles. The van der Waals surface area contributed by atoms with E-state index in [1.807, 2.05) is 23.9 Å². The monoisotopic (exact) mass is 249 g/mol. The van der Waals surface area contributed by atoms with Crippen LogP contribution in [-0.2, 0) is 0 Å². The summed E-state index contributed by atoms with van der Waals surface area (Å²) < 4.78 is 0. The van der Waals surface area contributed by atoms with Crippen molar-refractivity contribution in [2.45, 2.75) is 42.9 Å². The summed E-state index contributed by atoms with van der Waals surface area (Å²) in [5.41, 5.74) is 6.10. The first-order chi connectivity index (χ1) is 8.15. The predicted octanol–water partition coefficient (Wildman–Crippen LogP) is 3.04. The maximum Gasteiger partial charge on any atom is 0.124 e. The summed E-state index contributed by atoms with van der Waals surface area (Å²) in [4.78, 5) is 4.36. The number of nitrogens with two attached hydrogens (primary N) is 1. The molecule has 92 valence electrons. The Labute approximate surface area is 107 Å². The van der Waals surface area contributed by atoms with E-state index in [1.165, 1.54) is 25.7 Å². The Morgan fingerprint density at radius 2 is 2.29 bits per heavy atom. The second-order valence-corrected chi connectivity index (χ2v) is 6.13. The van der Waals surface area contributed by atoms with Crippen LogP contribution in [0, 0.1) is 11.3 Å². The highest BCUT2D eigenvalue weighted by atomic mass is 32.2. The first-order valence-corrected chi connectivity index (χ1v) is 7.00. The minimum Gasteiger partial charge on any atom is -0.384 e. The van der Waals surface area contributed by atoms with Gasteiger partial charge in [-0.15, -0.1) is 11.8 Å². The second-order valence-electron chi connectivity index (χ2n) is 4.81. The number of nitrogens with zero attached hydrogens (tertiary/aromatic N) is 1. The fourth-order valence-electron chi connectivity index (χ4n) is 2.27. The fraction of sp³-hybridized carbons (Fsp3) is 0.538. The van der Waals surface area contributed by atoms with Gasteiger partial charge in [0.2, 0.25) is 0 Å². The number of amidine groups is 1. The molecule has 0 amide bonds. The molecule has 1 aromatic heterocycles. The van der Waals surface area contributed by atoms with Crippen molar-refractivity contribution in [3.63, 3.8) is 0 Å². The number of rotatable bonds is 3. The van der Waals surface area contributed by atoms with Crippen LogP contribution in [-0.4, -0.2) is 16.1 Å². The molecule has 17 heavy (non-hydrogen) atoms. The van der Waals surface area contributed by atoms with Crippen LogP contribution in [0.3, 0.4) is 0 Å². The summed E-state index contributed by atoms with van der Waals surface area (Å²) >= 11 is 1.87. The van der Waals surface area contributed by atoms with Crippen LogP contribution < -0.4 is 5.73 Å².